The number of hydrogen-bond acceptors (Lipinski definition) is 1. The van der Waals surface area contributed by atoms with Gasteiger partial charge in [0.25, 0.3) is 0 Å². The fraction of sp³-hybridized carbons (Fsp3) is 0.909. The molecule has 82 valence electrons. The predicted octanol–water partition coefficient (Wildman–Crippen LogP) is 2.51. The maximum absolute atomic E-state index is 11.9. The maximum atomic E-state index is 11.9. The molecule has 14 heavy (non-hydrogen) atoms. The van der Waals surface area contributed by atoms with E-state index in [1.165, 1.54) is 0 Å². The Morgan fingerprint density at radius 3 is 2.43 bits per heavy atom. The van der Waals surface area contributed by atoms with Crippen LogP contribution < -0.4 is 0 Å². The Labute approximate surface area is 91.6 Å². The third kappa shape index (κ3) is 2.63. The number of alkyl halides is 1. The van der Waals surface area contributed by atoms with Crippen LogP contribution >= 0.6 is 11.6 Å². The highest BCUT2D eigenvalue weighted by Gasteiger charge is 2.32. The summed E-state index contributed by atoms with van der Waals surface area (Å²) in [4.78, 5) is 13.8. The third-order valence-electron chi connectivity index (χ3n) is 2.80. The van der Waals surface area contributed by atoms with E-state index in [0.717, 1.165) is 13.0 Å². The van der Waals surface area contributed by atoms with Gasteiger partial charge in [-0.05, 0) is 12.3 Å². The van der Waals surface area contributed by atoms with E-state index in [9.17, 15) is 4.79 Å². The minimum absolute atomic E-state index is 0.120. The largest absolute Gasteiger partial charge is 0.341 e. The van der Waals surface area contributed by atoms with E-state index < -0.39 is 0 Å². The van der Waals surface area contributed by atoms with E-state index >= 15 is 0 Å². The van der Waals surface area contributed by atoms with E-state index in [2.05, 4.69) is 6.92 Å². The van der Waals surface area contributed by atoms with Gasteiger partial charge in [0, 0.05) is 18.5 Å². The number of hydrogen-bond donors (Lipinski definition) is 0. The van der Waals surface area contributed by atoms with Crippen molar-refractivity contribution in [3.05, 3.63) is 0 Å². The van der Waals surface area contributed by atoms with Crippen LogP contribution in [0.3, 0.4) is 0 Å². The molecule has 3 heteroatoms. The predicted molar refractivity (Wildman–Crippen MR) is 59.5 cm³/mol. The second-order valence-corrected chi connectivity index (χ2v) is 5.84. The average Bonchev–Trinajstić information content (AvgIpc) is 2.07. The molecule has 2 unspecified atom stereocenters. The minimum atomic E-state index is -0.281. The monoisotopic (exact) mass is 217 g/mol. The smallest absolute Gasteiger partial charge is 0.227 e. The first-order valence-corrected chi connectivity index (χ1v) is 5.69. The molecule has 1 amide bonds. The summed E-state index contributed by atoms with van der Waals surface area (Å²) in [5, 5.41) is 0.120. The lowest BCUT2D eigenvalue weighted by atomic mass is 9.91. The Morgan fingerprint density at radius 1 is 1.43 bits per heavy atom. The topological polar surface area (TPSA) is 20.3 Å². The Hall–Kier alpha value is -0.240. The summed E-state index contributed by atoms with van der Waals surface area (Å²) < 4.78 is 0. The standard InChI is InChI=1S/C11H20ClNO/c1-8-5-6-13(7-9(8)12)10(14)11(2,3)4/h8-9H,5-7H2,1-4H3. The fourth-order valence-corrected chi connectivity index (χ4v) is 1.97. The molecular formula is C11H20ClNO. The molecule has 1 fully saturated rings. The summed E-state index contributed by atoms with van der Waals surface area (Å²) in [6.45, 7) is 9.58. The number of nitrogens with zero attached hydrogens (tertiary/aromatic N) is 1. The Bertz CT molecular complexity index is 222. The normalized spacial score (nSPS) is 29.1. The quantitative estimate of drug-likeness (QED) is 0.571. The van der Waals surface area contributed by atoms with Gasteiger partial charge in [0.1, 0.15) is 0 Å². The van der Waals surface area contributed by atoms with Crippen molar-refractivity contribution in [2.24, 2.45) is 11.3 Å². The zero-order valence-corrected chi connectivity index (χ0v) is 10.3. The lowest BCUT2D eigenvalue weighted by Gasteiger charge is -2.37. The van der Waals surface area contributed by atoms with E-state index in [1.807, 2.05) is 25.7 Å². The lowest BCUT2D eigenvalue weighted by Crippen LogP contribution is -2.47. The van der Waals surface area contributed by atoms with Gasteiger partial charge in [0.15, 0.2) is 0 Å². The van der Waals surface area contributed by atoms with E-state index in [0.29, 0.717) is 12.5 Å². The number of rotatable bonds is 0. The second-order valence-electron chi connectivity index (χ2n) is 5.28. The highest BCUT2D eigenvalue weighted by molar-refractivity contribution is 6.21. The van der Waals surface area contributed by atoms with E-state index in [4.69, 9.17) is 11.6 Å². The summed E-state index contributed by atoms with van der Waals surface area (Å²) in [5.41, 5.74) is -0.281. The van der Waals surface area contributed by atoms with Crippen molar-refractivity contribution in [2.45, 2.75) is 39.5 Å². The molecule has 1 aliphatic rings. The van der Waals surface area contributed by atoms with Crippen LogP contribution in [0.25, 0.3) is 0 Å². The van der Waals surface area contributed by atoms with Crippen molar-refractivity contribution in [2.75, 3.05) is 13.1 Å². The molecule has 0 saturated carbocycles. The van der Waals surface area contributed by atoms with Gasteiger partial charge >= 0.3 is 0 Å². The molecule has 1 saturated heterocycles. The highest BCUT2D eigenvalue weighted by atomic mass is 35.5. The summed E-state index contributed by atoms with van der Waals surface area (Å²) in [6.07, 6.45) is 1.02. The van der Waals surface area contributed by atoms with Crippen LogP contribution in [0.5, 0.6) is 0 Å². The van der Waals surface area contributed by atoms with Crippen molar-refractivity contribution in [1.29, 1.82) is 0 Å². The molecule has 2 atom stereocenters. The van der Waals surface area contributed by atoms with Gasteiger partial charge in [0.05, 0.1) is 5.38 Å². The van der Waals surface area contributed by atoms with Crippen LogP contribution in [-0.2, 0) is 4.79 Å². The number of carbonyl (C=O) groups is 1. The van der Waals surface area contributed by atoms with Crippen LogP contribution in [0.2, 0.25) is 0 Å². The number of halogens is 1. The number of likely N-dealkylation sites (tertiary alicyclic amines) is 1. The Morgan fingerprint density at radius 2 is 2.00 bits per heavy atom. The van der Waals surface area contributed by atoms with E-state index in [1.54, 1.807) is 0 Å². The van der Waals surface area contributed by atoms with Crippen LogP contribution in [0.1, 0.15) is 34.1 Å². The molecule has 1 heterocycles. The van der Waals surface area contributed by atoms with E-state index in [-0.39, 0.29) is 16.7 Å². The van der Waals surface area contributed by atoms with Crippen molar-refractivity contribution in [1.82, 2.24) is 4.90 Å². The van der Waals surface area contributed by atoms with Crippen LogP contribution in [0.4, 0.5) is 0 Å². The molecule has 1 rings (SSSR count). The molecule has 0 aromatic rings. The molecule has 0 N–H and O–H groups in total. The van der Waals surface area contributed by atoms with Crippen LogP contribution in [-0.4, -0.2) is 29.3 Å². The molecule has 0 radical (unpaired) electrons. The van der Waals surface area contributed by atoms with Crippen molar-refractivity contribution in [3.63, 3.8) is 0 Å². The molecular weight excluding hydrogens is 198 g/mol. The molecule has 0 bridgehead atoms. The maximum Gasteiger partial charge on any atom is 0.227 e. The van der Waals surface area contributed by atoms with Crippen molar-refractivity contribution >= 4 is 17.5 Å². The summed E-state index contributed by atoms with van der Waals surface area (Å²) in [6, 6.07) is 0. The molecule has 2 nitrogen and oxygen atoms in total. The molecule has 1 aliphatic heterocycles. The van der Waals surface area contributed by atoms with Gasteiger partial charge in [0.2, 0.25) is 5.91 Å². The first-order chi connectivity index (χ1) is 6.32. The molecule has 0 aromatic heterocycles. The Kier molecular flexibility index (Phi) is 3.46. The first kappa shape index (κ1) is 11.8. The molecule has 0 aliphatic carbocycles. The SMILES string of the molecule is CC1CCN(C(=O)C(C)(C)C)CC1Cl. The van der Waals surface area contributed by atoms with Crippen molar-refractivity contribution in [3.8, 4) is 0 Å². The minimum Gasteiger partial charge on any atom is -0.341 e. The summed E-state index contributed by atoms with van der Waals surface area (Å²) in [5.74, 6) is 0.746. The lowest BCUT2D eigenvalue weighted by molar-refractivity contribution is -0.140. The van der Waals surface area contributed by atoms with Crippen molar-refractivity contribution < 1.29 is 4.79 Å². The van der Waals surface area contributed by atoms with Crippen LogP contribution in [0.15, 0.2) is 0 Å². The van der Waals surface area contributed by atoms with Crippen LogP contribution in [0, 0.1) is 11.3 Å². The number of piperidine rings is 1. The van der Waals surface area contributed by atoms with Gasteiger partial charge in [-0.3, -0.25) is 4.79 Å². The average molecular weight is 218 g/mol. The zero-order chi connectivity index (χ0) is 10.9. The highest BCUT2D eigenvalue weighted by Crippen LogP contribution is 2.25. The van der Waals surface area contributed by atoms with Gasteiger partial charge < -0.3 is 4.90 Å². The summed E-state index contributed by atoms with van der Waals surface area (Å²) in [7, 11) is 0. The van der Waals surface area contributed by atoms with Gasteiger partial charge in [-0.2, -0.15) is 0 Å². The Balaban J connectivity index is 2.59. The third-order valence-corrected chi connectivity index (χ3v) is 3.36. The van der Waals surface area contributed by atoms with Gasteiger partial charge in [-0.1, -0.05) is 27.7 Å². The first-order valence-electron chi connectivity index (χ1n) is 5.26. The fourth-order valence-electron chi connectivity index (χ4n) is 1.68. The second kappa shape index (κ2) is 4.09. The van der Waals surface area contributed by atoms with Gasteiger partial charge in [-0.25, -0.2) is 0 Å². The molecule has 0 aromatic carbocycles. The summed E-state index contributed by atoms with van der Waals surface area (Å²) >= 11 is 6.16. The molecule has 0 spiro atoms. The number of carbonyl (C=O) groups excluding carboxylic acids is 1. The zero-order valence-electron chi connectivity index (χ0n) is 9.51. The number of amides is 1. The van der Waals surface area contributed by atoms with Gasteiger partial charge in [-0.15, -0.1) is 11.6 Å².